The van der Waals surface area contributed by atoms with Gasteiger partial charge >= 0.3 is 6.36 Å². The van der Waals surface area contributed by atoms with E-state index in [0.29, 0.717) is 12.2 Å². The van der Waals surface area contributed by atoms with Gasteiger partial charge in [0.2, 0.25) is 5.91 Å². The van der Waals surface area contributed by atoms with Crippen molar-refractivity contribution in [2.75, 3.05) is 18.4 Å². The maximum Gasteiger partial charge on any atom is 0.573 e. The zero-order chi connectivity index (χ0) is 20.6. The molecule has 0 aliphatic heterocycles. The molecular formula is C18H16F3N3O4. The molecule has 0 fully saturated rings. The Labute approximate surface area is 158 Å². The average molecular weight is 395 g/mol. The van der Waals surface area contributed by atoms with E-state index in [1.54, 1.807) is 0 Å². The third-order valence-corrected chi connectivity index (χ3v) is 3.39. The SMILES string of the molecule is O=C(/C=C/c1ccccc1OC(F)(F)F)NCCNc1ccc([N+](=O)[O-])cc1. The number of anilines is 1. The Morgan fingerprint density at radius 2 is 1.79 bits per heavy atom. The Bertz CT molecular complexity index is 852. The van der Waals surface area contributed by atoms with E-state index in [1.165, 1.54) is 48.5 Å². The van der Waals surface area contributed by atoms with Crippen molar-refractivity contribution < 1.29 is 27.6 Å². The zero-order valence-corrected chi connectivity index (χ0v) is 14.4. The number of alkyl halides is 3. The molecule has 0 unspecified atom stereocenters. The number of benzene rings is 2. The van der Waals surface area contributed by atoms with Gasteiger partial charge in [0.25, 0.3) is 5.69 Å². The molecule has 0 aliphatic carbocycles. The molecule has 0 aliphatic rings. The number of halogens is 3. The summed E-state index contributed by atoms with van der Waals surface area (Å²) in [7, 11) is 0. The topological polar surface area (TPSA) is 93.5 Å². The number of amides is 1. The van der Waals surface area contributed by atoms with Gasteiger partial charge in [-0.3, -0.25) is 14.9 Å². The molecule has 0 radical (unpaired) electrons. The van der Waals surface area contributed by atoms with Crippen LogP contribution < -0.4 is 15.4 Å². The van der Waals surface area contributed by atoms with Gasteiger partial charge in [-0.15, -0.1) is 13.2 Å². The number of nitrogens with one attached hydrogen (secondary N) is 2. The van der Waals surface area contributed by atoms with Gasteiger partial charge in [-0.2, -0.15) is 0 Å². The predicted molar refractivity (Wildman–Crippen MR) is 96.8 cm³/mol. The third-order valence-electron chi connectivity index (χ3n) is 3.39. The summed E-state index contributed by atoms with van der Waals surface area (Å²) >= 11 is 0. The number of non-ortho nitro benzene ring substituents is 1. The molecule has 7 nitrogen and oxygen atoms in total. The van der Waals surface area contributed by atoms with Crippen molar-refractivity contribution in [3.05, 3.63) is 70.3 Å². The van der Waals surface area contributed by atoms with Gasteiger partial charge < -0.3 is 15.4 Å². The minimum Gasteiger partial charge on any atom is -0.405 e. The highest BCUT2D eigenvalue weighted by atomic mass is 19.4. The van der Waals surface area contributed by atoms with Gasteiger partial charge in [0, 0.05) is 42.5 Å². The first kappa shape index (κ1) is 20.7. The molecule has 0 aromatic heterocycles. The number of para-hydroxylation sites is 1. The first-order valence-corrected chi connectivity index (χ1v) is 8.03. The Kier molecular flexibility index (Phi) is 6.96. The first-order chi connectivity index (χ1) is 13.2. The summed E-state index contributed by atoms with van der Waals surface area (Å²) in [6.45, 7) is 0.589. The predicted octanol–water partition coefficient (Wildman–Crippen LogP) is 3.73. The lowest BCUT2D eigenvalue weighted by Crippen LogP contribution is -2.27. The van der Waals surface area contributed by atoms with E-state index in [2.05, 4.69) is 15.4 Å². The van der Waals surface area contributed by atoms with Crippen molar-refractivity contribution in [3.63, 3.8) is 0 Å². The molecule has 148 valence electrons. The highest BCUT2D eigenvalue weighted by molar-refractivity contribution is 5.92. The lowest BCUT2D eigenvalue weighted by atomic mass is 10.2. The Morgan fingerprint density at radius 3 is 2.43 bits per heavy atom. The summed E-state index contributed by atoms with van der Waals surface area (Å²) < 4.78 is 41.0. The van der Waals surface area contributed by atoms with E-state index in [0.717, 1.165) is 12.1 Å². The second-order valence-corrected chi connectivity index (χ2v) is 5.44. The fourth-order valence-corrected chi connectivity index (χ4v) is 2.15. The van der Waals surface area contributed by atoms with Gasteiger partial charge in [0.15, 0.2) is 0 Å². The molecule has 2 rings (SSSR count). The standard InChI is InChI=1S/C18H16F3N3O4/c19-18(20,21)28-16-4-2-1-3-13(16)5-10-17(25)23-12-11-22-14-6-8-15(9-7-14)24(26)27/h1-10,22H,11-12H2,(H,23,25)/b10-5+. The smallest absolute Gasteiger partial charge is 0.405 e. The molecule has 28 heavy (non-hydrogen) atoms. The summed E-state index contributed by atoms with van der Waals surface area (Å²) in [6, 6.07) is 11.2. The number of hydrogen-bond donors (Lipinski definition) is 2. The highest BCUT2D eigenvalue weighted by Crippen LogP contribution is 2.26. The molecule has 0 heterocycles. The lowest BCUT2D eigenvalue weighted by Gasteiger charge is -2.11. The molecule has 0 saturated heterocycles. The van der Waals surface area contributed by atoms with Crippen LogP contribution in [0.3, 0.4) is 0 Å². The van der Waals surface area contributed by atoms with E-state index in [-0.39, 0.29) is 17.8 Å². The Balaban J connectivity index is 1.80. The first-order valence-electron chi connectivity index (χ1n) is 8.03. The van der Waals surface area contributed by atoms with E-state index in [1.807, 2.05) is 0 Å². The van der Waals surface area contributed by atoms with E-state index >= 15 is 0 Å². The van der Waals surface area contributed by atoms with Crippen LogP contribution >= 0.6 is 0 Å². The second kappa shape index (κ2) is 9.40. The number of rotatable bonds is 8. The van der Waals surface area contributed by atoms with Gasteiger partial charge in [0.1, 0.15) is 5.75 Å². The van der Waals surface area contributed by atoms with E-state index in [4.69, 9.17) is 0 Å². The van der Waals surface area contributed by atoms with Crippen LogP contribution in [0.4, 0.5) is 24.5 Å². The van der Waals surface area contributed by atoms with Crippen molar-refractivity contribution in [2.45, 2.75) is 6.36 Å². The number of hydrogen-bond acceptors (Lipinski definition) is 5. The van der Waals surface area contributed by atoms with Gasteiger partial charge in [0.05, 0.1) is 4.92 Å². The van der Waals surface area contributed by atoms with Crippen molar-refractivity contribution in [2.24, 2.45) is 0 Å². The van der Waals surface area contributed by atoms with Crippen LogP contribution in [0.5, 0.6) is 5.75 Å². The minimum absolute atomic E-state index is 0.0289. The van der Waals surface area contributed by atoms with Crippen molar-refractivity contribution in [3.8, 4) is 5.75 Å². The maximum atomic E-state index is 12.4. The normalized spacial score (nSPS) is 11.2. The molecule has 0 bridgehead atoms. The number of nitrogens with zero attached hydrogens (tertiary/aromatic N) is 1. The summed E-state index contributed by atoms with van der Waals surface area (Å²) in [4.78, 5) is 21.8. The fourth-order valence-electron chi connectivity index (χ4n) is 2.15. The van der Waals surface area contributed by atoms with Gasteiger partial charge in [-0.05, 0) is 24.3 Å². The molecular weight excluding hydrogens is 379 g/mol. The molecule has 2 aromatic carbocycles. The quantitative estimate of drug-likeness (QED) is 0.307. The number of carbonyl (C=O) groups is 1. The third kappa shape index (κ3) is 6.98. The fraction of sp³-hybridized carbons (Fsp3) is 0.167. The van der Waals surface area contributed by atoms with Gasteiger partial charge in [-0.1, -0.05) is 18.2 Å². The summed E-state index contributed by atoms with van der Waals surface area (Å²) in [5.41, 5.74) is 0.728. The van der Waals surface area contributed by atoms with Crippen molar-refractivity contribution in [1.82, 2.24) is 5.32 Å². The number of nitro benzene ring substituents is 1. The van der Waals surface area contributed by atoms with E-state index in [9.17, 15) is 28.1 Å². The van der Waals surface area contributed by atoms with Crippen LogP contribution in [0.1, 0.15) is 5.56 Å². The summed E-state index contributed by atoms with van der Waals surface area (Å²) in [5, 5.41) is 16.1. The van der Waals surface area contributed by atoms with Crippen LogP contribution in [0.15, 0.2) is 54.6 Å². The number of nitro groups is 1. The van der Waals surface area contributed by atoms with Crippen LogP contribution in [-0.2, 0) is 4.79 Å². The number of ether oxygens (including phenoxy) is 1. The summed E-state index contributed by atoms with van der Waals surface area (Å²) in [5.74, 6) is -0.897. The van der Waals surface area contributed by atoms with Crippen molar-refractivity contribution >= 4 is 23.4 Å². The van der Waals surface area contributed by atoms with Gasteiger partial charge in [-0.25, -0.2) is 0 Å². The average Bonchev–Trinajstić information content (AvgIpc) is 2.63. The Morgan fingerprint density at radius 1 is 1.11 bits per heavy atom. The van der Waals surface area contributed by atoms with Crippen LogP contribution in [0.2, 0.25) is 0 Å². The molecule has 0 atom stereocenters. The molecule has 0 spiro atoms. The minimum atomic E-state index is -4.82. The molecule has 2 N–H and O–H groups in total. The monoisotopic (exact) mass is 395 g/mol. The molecule has 0 saturated carbocycles. The van der Waals surface area contributed by atoms with Crippen LogP contribution in [-0.4, -0.2) is 30.3 Å². The lowest BCUT2D eigenvalue weighted by molar-refractivity contribution is -0.384. The number of carbonyl (C=O) groups excluding carboxylic acids is 1. The highest BCUT2D eigenvalue weighted by Gasteiger charge is 2.31. The van der Waals surface area contributed by atoms with Crippen LogP contribution in [0.25, 0.3) is 6.08 Å². The Hall–Kier alpha value is -3.56. The molecule has 1 amide bonds. The molecule has 2 aromatic rings. The van der Waals surface area contributed by atoms with Crippen molar-refractivity contribution in [1.29, 1.82) is 0 Å². The van der Waals surface area contributed by atoms with Crippen LogP contribution in [0, 0.1) is 10.1 Å². The zero-order valence-electron chi connectivity index (χ0n) is 14.4. The maximum absolute atomic E-state index is 12.4. The van der Waals surface area contributed by atoms with E-state index < -0.39 is 22.9 Å². The largest absolute Gasteiger partial charge is 0.573 e. The molecule has 10 heteroatoms. The second-order valence-electron chi connectivity index (χ2n) is 5.44. The summed E-state index contributed by atoms with van der Waals surface area (Å²) in [6.07, 6.45) is -2.50.